The Hall–Kier alpha value is -2.22. The number of hydrogen-bond acceptors (Lipinski definition) is 0. The van der Waals surface area contributed by atoms with Crippen LogP contribution in [0.15, 0.2) is 109 Å². The zero-order valence-corrected chi connectivity index (χ0v) is 39.4. The summed E-state index contributed by atoms with van der Waals surface area (Å²) >= 11 is -0.826. The summed E-state index contributed by atoms with van der Waals surface area (Å²) in [5, 5.41) is 5.50. The van der Waals surface area contributed by atoms with Crippen molar-refractivity contribution in [2.24, 2.45) is 17.8 Å². The molecule has 4 bridgehead atoms. The summed E-state index contributed by atoms with van der Waals surface area (Å²) < 4.78 is 0. The van der Waals surface area contributed by atoms with Crippen LogP contribution in [-0.4, -0.2) is 9.52 Å². The third-order valence-corrected chi connectivity index (χ3v) is 12.8. The van der Waals surface area contributed by atoms with Crippen molar-refractivity contribution >= 4 is 48.1 Å². The summed E-state index contributed by atoms with van der Waals surface area (Å²) in [7, 11) is 11.0. The third-order valence-electron chi connectivity index (χ3n) is 12.8. The van der Waals surface area contributed by atoms with Crippen LogP contribution in [0.2, 0.25) is 13.1 Å². The molecule has 0 amide bonds. The monoisotopic (exact) mass is 860 g/mol. The van der Waals surface area contributed by atoms with Crippen molar-refractivity contribution in [3.8, 4) is 22.3 Å². The first kappa shape index (κ1) is 42.4. The van der Waals surface area contributed by atoms with E-state index < -0.39 is 20.8 Å². The van der Waals surface area contributed by atoms with Crippen LogP contribution in [0.5, 0.6) is 0 Å². The van der Waals surface area contributed by atoms with Crippen LogP contribution < -0.4 is 0 Å². The topological polar surface area (TPSA) is 0 Å². The van der Waals surface area contributed by atoms with E-state index >= 15 is 0 Å². The third kappa shape index (κ3) is 9.74. The fourth-order valence-electron chi connectivity index (χ4n) is 10.3. The second kappa shape index (κ2) is 18.6. The first-order chi connectivity index (χ1) is 26.4. The molecule has 55 heavy (non-hydrogen) atoms. The minimum atomic E-state index is -0.826. The maximum absolute atomic E-state index is 4.93. The molecule has 0 N–H and O–H groups in total. The molecular weight excluding hydrogens is 803 g/mol. The van der Waals surface area contributed by atoms with Crippen molar-refractivity contribution in [2.75, 3.05) is 0 Å². The summed E-state index contributed by atoms with van der Waals surface area (Å²) in [5.74, 6) is 3.67. The second-order valence-electron chi connectivity index (χ2n) is 17.9. The van der Waals surface area contributed by atoms with Gasteiger partial charge in [0.15, 0.2) is 0 Å². The van der Waals surface area contributed by atoms with E-state index in [0.717, 1.165) is 27.3 Å². The average Bonchev–Trinajstić information content (AvgIpc) is 3.78. The molecule has 286 valence electrons. The molecule has 4 heteroatoms. The zero-order valence-electron chi connectivity index (χ0n) is 34.4. The van der Waals surface area contributed by atoms with Gasteiger partial charge in [0.05, 0.1) is 0 Å². The number of hydrogen-bond donors (Lipinski definition) is 0. The van der Waals surface area contributed by atoms with Crippen molar-refractivity contribution in [2.45, 2.75) is 116 Å². The van der Waals surface area contributed by atoms with E-state index in [2.05, 4.69) is 164 Å². The Kier molecular flexibility index (Phi) is 14.3. The molecule has 0 nitrogen and oxygen atoms in total. The molecule has 0 saturated heterocycles. The predicted octanol–water partition coefficient (Wildman–Crippen LogP) is 16.2. The van der Waals surface area contributed by atoms with Crippen LogP contribution in [0.3, 0.4) is 0 Å². The van der Waals surface area contributed by atoms with E-state index in [4.69, 9.17) is 17.0 Å². The number of aryl methyl sites for hydroxylation is 1. The van der Waals surface area contributed by atoms with Gasteiger partial charge in [-0.3, -0.25) is 0 Å². The molecule has 0 aromatic heterocycles. The van der Waals surface area contributed by atoms with Gasteiger partial charge in [-0.2, -0.15) is 12.1 Å². The van der Waals surface area contributed by atoms with E-state index in [1.54, 1.807) is 5.56 Å². The molecule has 0 aliphatic heterocycles. The second-order valence-corrected chi connectivity index (χ2v) is 22.7. The fourth-order valence-corrected chi connectivity index (χ4v) is 10.3. The van der Waals surface area contributed by atoms with Crippen LogP contribution in [-0.2, 0) is 31.7 Å². The summed E-state index contributed by atoms with van der Waals surface area (Å²) in [6.07, 6.45) is 10.1. The van der Waals surface area contributed by atoms with Crippen molar-refractivity contribution in [1.29, 1.82) is 0 Å². The molecule has 4 fully saturated rings. The van der Waals surface area contributed by atoms with Gasteiger partial charge in [0, 0.05) is 9.52 Å². The van der Waals surface area contributed by atoms with Crippen molar-refractivity contribution in [3.05, 3.63) is 131 Å². The van der Waals surface area contributed by atoms with Gasteiger partial charge in [-0.25, -0.2) is 0 Å². The standard InChI is InChI=1S/C26H27.C23H27.C2H6Si.2ClH.Zr/c1-17-9-22-3-2-4-24(25(22)10-17)21-5-7-23(8-6-21)26-14-18-11-19(15-26)13-20(12-18)16-26;1-6-16(2)19-14-18-8-7-9-21(22(18)15-19)17-10-12-20(13-11-17)23(3,4)5;1-3-2;;;/h2-10,18-20H,11-16H2,1H3;7-16H,6H2,1-5H3;1-2H3;2*1H;/q2*-1;;;;+4/p-2. The fraction of sp³-hybridized carbons (Fsp3) is 0.412. The quantitative estimate of drug-likeness (QED) is 0.120. The molecule has 10 rings (SSSR count). The SMILES string of the molecule is CCC(C)c1cc2c(-c3ccc(C(C)(C)C)cc3)cccc2[cH-]1.C[Si]C.Cc1cc2c(-c3ccc(C45CC6CC(CC(C6)C4)C5)cc3)cccc2[cH-]1.[Cl][Zr+2][Cl]. The summed E-state index contributed by atoms with van der Waals surface area (Å²) in [6, 6.07) is 41.5. The predicted molar refractivity (Wildman–Crippen MR) is 241 cm³/mol. The first-order valence-electron chi connectivity index (χ1n) is 20.5. The van der Waals surface area contributed by atoms with Gasteiger partial charge in [0.1, 0.15) is 0 Å². The summed E-state index contributed by atoms with van der Waals surface area (Å²) in [6.45, 7) is 17.9. The molecule has 0 spiro atoms. The molecule has 4 saturated carbocycles. The number of benzene rings is 4. The Bertz CT molecular complexity index is 2090. The van der Waals surface area contributed by atoms with E-state index in [9.17, 15) is 0 Å². The van der Waals surface area contributed by atoms with Crippen molar-refractivity contribution in [1.82, 2.24) is 0 Å². The Balaban J connectivity index is 0.000000165. The van der Waals surface area contributed by atoms with Gasteiger partial charge in [-0.1, -0.05) is 133 Å². The average molecular weight is 863 g/mol. The van der Waals surface area contributed by atoms with Crippen molar-refractivity contribution < 1.29 is 20.8 Å². The first-order valence-corrected chi connectivity index (χ1v) is 28.9. The molecule has 1 unspecified atom stereocenters. The van der Waals surface area contributed by atoms with E-state index in [0.29, 0.717) is 11.3 Å². The van der Waals surface area contributed by atoms with E-state index in [1.165, 1.54) is 105 Å². The van der Waals surface area contributed by atoms with Crippen LogP contribution in [0, 0.1) is 24.7 Å². The van der Waals surface area contributed by atoms with Gasteiger partial charge >= 0.3 is 37.9 Å². The molecular formula is C51H60Cl2SiZr. The van der Waals surface area contributed by atoms with Gasteiger partial charge in [0.25, 0.3) is 0 Å². The van der Waals surface area contributed by atoms with Gasteiger partial charge in [-0.15, -0.1) is 69.1 Å². The van der Waals surface area contributed by atoms with E-state index in [1.807, 2.05) is 0 Å². The van der Waals surface area contributed by atoms with Crippen LogP contribution in [0.1, 0.15) is 108 Å². The molecule has 0 heterocycles. The zero-order chi connectivity index (χ0) is 39.3. The number of fused-ring (bicyclic) bond motifs is 2. The minimum absolute atomic E-state index is 0.203. The molecule has 4 aliphatic carbocycles. The van der Waals surface area contributed by atoms with Gasteiger partial charge < -0.3 is 0 Å². The van der Waals surface area contributed by atoms with Crippen LogP contribution in [0.4, 0.5) is 0 Å². The normalized spacial score (nSPS) is 21.5. The van der Waals surface area contributed by atoms with Gasteiger partial charge in [0.2, 0.25) is 0 Å². The Labute approximate surface area is 354 Å². The number of halogens is 2. The van der Waals surface area contributed by atoms with Crippen LogP contribution in [0.25, 0.3) is 43.8 Å². The molecule has 1 atom stereocenters. The van der Waals surface area contributed by atoms with Crippen LogP contribution >= 0.6 is 17.0 Å². The summed E-state index contributed by atoms with van der Waals surface area (Å²) in [4.78, 5) is 0. The summed E-state index contributed by atoms with van der Waals surface area (Å²) in [5.41, 5.74) is 12.0. The Morgan fingerprint density at radius 1 is 0.727 bits per heavy atom. The number of rotatable bonds is 5. The van der Waals surface area contributed by atoms with E-state index in [-0.39, 0.29) is 5.41 Å². The molecule has 6 aromatic carbocycles. The molecule has 4 aliphatic rings. The Morgan fingerprint density at radius 3 is 1.65 bits per heavy atom. The molecule has 6 aromatic rings. The molecule has 2 radical (unpaired) electrons. The van der Waals surface area contributed by atoms with Gasteiger partial charge in [-0.05, 0) is 95.3 Å². The van der Waals surface area contributed by atoms with Crippen molar-refractivity contribution in [3.63, 3.8) is 0 Å². The Morgan fingerprint density at radius 2 is 1.18 bits per heavy atom. The maximum atomic E-state index is 4.93.